The zero-order chi connectivity index (χ0) is 27.2. The molecular formula is C30H50O5Si. The highest BCUT2D eigenvalue weighted by Crippen LogP contribution is 2.41. The molecule has 0 radical (unpaired) electrons. The lowest BCUT2D eigenvalue weighted by Gasteiger charge is -2.38. The highest BCUT2D eigenvalue weighted by Gasteiger charge is 2.42. The molecule has 0 aromatic heterocycles. The first-order valence-corrected chi connectivity index (χ1v) is 16.6. The number of carbonyl (C=O) groups is 2. The average molecular weight is 519 g/mol. The van der Waals surface area contributed by atoms with Gasteiger partial charge in [-0.15, -0.1) is 0 Å². The van der Waals surface area contributed by atoms with Crippen LogP contribution in [0.15, 0.2) is 47.6 Å². The number of allylic oxidation sites excluding steroid dienone is 4. The fourth-order valence-electron chi connectivity index (χ4n) is 3.74. The van der Waals surface area contributed by atoms with Gasteiger partial charge in [-0.05, 0) is 56.3 Å². The Hall–Kier alpha value is -1.76. The summed E-state index contributed by atoms with van der Waals surface area (Å²) in [6.45, 7) is 15.4. The quantitative estimate of drug-likeness (QED) is 0.0998. The second kappa shape index (κ2) is 16.2. The van der Waals surface area contributed by atoms with E-state index >= 15 is 0 Å². The molecule has 0 aromatic carbocycles. The lowest BCUT2D eigenvalue weighted by atomic mass is 10.0. The minimum absolute atomic E-state index is 0.0428. The molecule has 0 amide bonds. The number of ketones is 1. The molecule has 36 heavy (non-hydrogen) atoms. The van der Waals surface area contributed by atoms with Gasteiger partial charge in [-0.3, -0.25) is 9.59 Å². The standard InChI is InChI=1S/C30H50O5Si/c1-8-10-14-17-24(31)20-21-26-25(18-15-12-13-16-19-29(33)34-22-11-9-2)27(32)23-28(26)35-36(6,7)30(3,4)5/h9,11-12,15,20-21,24,28,31H,8,10,13-14,16-19,22-23H2,1-7H3. The highest BCUT2D eigenvalue weighted by atomic mass is 28.4. The smallest absolute Gasteiger partial charge is 0.306 e. The SMILES string of the molecule is CC=CCOC(=O)CCCC=CCC1=C(C=CC(O)CCCCC)C(O[Si](C)(C)C(C)(C)C)CC1=O. The Kier molecular flexibility index (Phi) is 14.5. The number of carbonyl (C=O) groups excluding carboxylic acids is 2. The second-order valence-corrected chi connectivity index (χ2v) is 15.9. The summed E-state index contributed by atoms with van der Waals surface area (Å²) >= 11 is 0. The molecule has 5 nitrogen and oxygen atoms in total. The van der Waals surface area contributed by atoms with Gasteiger partial charge in [-0.1, -0.05) is 83.4 Å². The van der Waals surface area contributed by atoms with Gasteiger partial charge in [0.25, 0.3) is 0 Å². The monoisotopic (exact) mass is 518 g/mol. The number of unbranched alkanes of at least 4 members (excludes halogenated alkanes) is 3. The first-order chi connectivity index (χ1) is 16.9. The van der Waals surface area contributed by atoms with E-state index in [1.165, 1.54) is 0 Å². The summed E-state index contributed by atoms with van der Waals surface area (Å²) in [7, 11) is -2.07. The van der Waals surface area contributed by atoms with Crippen molar-refractivity contribution in [2.24, 2.45) is 0 Å². The van der Waals surface area contributed by atoms with E-state index in [1.807, 2.05) is 43.4 Å². The van der Waals surface area contributed by atoms with Crippen molar-refractivity contribution in [1.29, 1.82) is 0 Å². The zero-order valence-corrected chi connectivity index (χ0v) is 24.8. The summed E-state index contributed by atoms with van der Waals surface area (Å²) in [4.78, 5) is 24.7. The number of aliphatic hydroxyl groups is 1. The van der Waals surface area contributed by atoms with Crippen LogP contribution in [0.3, 0.4) is 0 Å². The number of esters is 1. The Morgan fingerprint density at radius 1 is 1.17 bits per heavy atom. The summed E-state index contributed by atoms with van der Waals surface area (Å²) in [6.07, 6.45) is 17.4. The predicted molar refractivity (Wildman–Crippen MR) is 151 cm³/mol. The van der Waals surface area contributed by atoms with E-state index in [1.54, 1.807) is 0 Å². The van der Waals surface area contributed by atoms with Gasteiger partial charge in [0.15, 0.2) is 14.1 Å². The highest BCUT2D eigenvalue weighted by molar-refractivity contribution is 6.74. The maximum atomic E-state index is 13.0. The molecular weight excluding hydrogens is 468 g/mol. The van der Waals surface area contributed by atoms with E-state index in [2.05, 4.69) is 40.8 Å². The number of Topliss-reactive ketones (excluding diaryl/α,β-unsaturated/α-hetero) is 1. The molecule has 1 aliphatic carbocycles. The van der Waals surface area contributed by atoms with E-state index < -0.39 is 14.4 Å². The first-order valence-electron chi connectivity index (χ1n) is 13.6. The molecule has 2 unspecified atom stereocenters. The van der Waals surface area contributed by atoms with Gasteiger partial charge in [0, 0.05) is 18.4 Å². The maximum absolute atomic E-state index is 13.0. The van der Waals surface area contributed by atoms with E-state index in [4.69, 9.17) is 9.16 Å². The van der Waals surface area contributed by atoms with Crippen LogP contribution in [-0.2, 0) is 18.8 Å². The van der Waals surface area contributed by atoms with Crippen LogP contribution in [0.1, 0.15) is 92.4 Å². The minimum atomic E-state index is -2.07. The molecule has 0 fully saturated rings. The topological polar surface area (TPSA) is 72.8 Å². The summed E-state index contributed by atoms with van der Waals surface area (Å²) < 4.78 is 11.8. The molecule has 2 atom stereocenters. The van der Waals surface area contributed by atoms with Crippen molar-refractivity contribution in [3.63, 3.8) is 0 Å². The van der Waals surface area contributed by atoms with Crippen LogP contribution in [0, 0.1) is 0 Å². The molecule has 6 heteroatoms. The number of rotatable bonds is 16. The molecule has 0 aliphatic heterocycles. The molecule has 1 aliphatic rings. The number of ether oxygens (including phenoxy) is 1. The summed E-state index contributed by atoms with van der Waals surface area (Å²) in [5, 5.41) is 10.5. The van der Waals surface area contributed by atoms with E-state index in [9.17, 15) is 14.7 Å². The third kappa shape index (κ3) is 11.5. The van der Waals surface area contributed by atoms with Gasteiger partial charge in [0.1, 0.15) is 6.61 Å². The lowest BCUT2D eigenvalue weighted by molar-refractivity contribution is -0.142. The van der Waals surface area contributed by atoms with E-state index in [0.29, 0.717) is 32.3 Å². The van der Waals surface area contributed by atoms with Gasteiger partial charge in [0.2, 0.25) is 0 Å². The molecule has 0 aromatic rings. The van der Waals surface area contributed by atoms with Gasteiger partial charge in [-0.2, -0.15) is 0 Å². The van der Waals surface area contributed by atoms with Crippen LogP contribution in [0.25, 0.3) is 0 Å². The number of hydrogen-bond donors (Lipinski definition) is 1. The number of hydrogen-bond acceptors (Lipinski definition) is 5. The van der Waals surface area contributed by atoms with Crippen LogP contribution in [0.2, 0.25) is 18.1 Å². The molecule has 0 spiro atoms. The van der Waals surface area contributed by atoms with Crippen molar-refractivity contribution < 1.29 is 23.9 Å². The third-order valence-electron chi connectivity index (χ3n) is 7.06. The van der Waals surface area contributed by atoms with Gasteiger partial charge in [0.05, 0.1) is 12.2 Å². The summed E-state index contributed by atoms with van der Waals surface area (Å²) in [5.74, 6) is -0.0678. The van der Waals surface area contributed by atoms with Crippen molar-refractivity contribution in [1.82, 2.24) is 0 Å². The van der Waals surface area contributed by atoms with Crippen molar-refractivity contribution in [3.05, 3.63) is 47.6 Å². The molecule has 0 saturated heterocycles. The van der Waals surface area contributed by atoms with Crippen molar-refractivity contribution >= 4 is 20.1 Å². The van der Waals surface area contributed by atoms with Gasteiger partial charge < -0.3 is 14.3 Å². The van der Waals surface area contributed by atoms with Crippen LogP contribution in [0.5, 0.6) is 0 Å². The van der Waals surface area contributed by atoms with E-state index in [-0.39, 0.29) is 22.9 Å². The van der Waals surface area contributed by atoms with Gasteiger partial charge >= 0.3 is 5.97 Å². The van der Waals surface area contributed by atoms with Crippen molar-refractivity contribution in [2.75, 3.05) is 6.61 Å². The van der Waals surface area contributed by atoms with Gasteiger partial charge in [-0.25, -0.2) is 0 Å². The molecule has 1 N–H and O–H groups in total. The Morgan fingerprint density at radius 3 is 2.53 bits per heavy atom. The zero-order valence-electron chi connectivity index (χ0n) is 23.8. The predicted octanol–water partition coefficient (Wildman–Crippen LogP) is 7.38. The number of aliphatic hydroxyl groups excluding tert-OH is 1. The fraction of sp³-hybridized carbons (Fsp3) is 0.667. The molecule has 0 bridgehead atoms. The van der Waals surface area contributed by atoms with Crippen molar-refractivity contribution in [2.45, 2.75) is 123 Å². The molecule has 1 rings (SSSR count). The first kappa shape index (κ1) is 32.3. The second-order valence-electron chi connectivity index (χ2n) is 11.2. The Bertz CT molecular complexity index is 814. The molecule has 204 valence electrons. The minimum Gasteiger partial charge on any atom is -0.461 e. The van der Waals surface area contributed by atoms with Crippen LogP contribution < -0.4 is 0 Å². The maximum Gasteiger partial charge on any atom is 0.306 e. The molecule has 0 heterocycles. The normalized spacial score (nSPS) is 18.3. The van der Waals surface area contributed by atoms with Crippen LogP contribution in [-0.4, -0.2) is 44.0 Å². The summed E-state index contributed by atoms with van der Waals surface area (Å²) in [6, 6.07) is 0. The Labute approximate surface area is 220 Å². The third-order valence-corrected chi connectivity index (χ3v) is 11.5. The van der Waals surface area contributed by atoms with Crippen molar-refractivity contribution in [3.8, 4) is 0 Å². The van der Waals surface area contributed by atoms with Crippen LogP contribution in [0.4, 0.5) is 0 Å². The van der Waals surface area contributed by atoms with E-state index in [0.717, 1.165) is 43.3 Å². The summed E-state index contributed by atoms with van der Waals surface area (Å²) in [5.41, 5.74) is 1.69. The lowest BCUT2D eigenvalue weighted by Crippen LogP contribution is -2.44. The fourth-order valence-corrected chi connectivity index (χ4v) is 5.02. The largest absolute Gasteiger partial charge is 0.461 e. The Balaban J connectivity index is 2.89. The average Bonchev–Trinajstić information content (AvgIpc) is 3.07. The molecule has 0 saturated carbocycles. The Morgan fingerprint density at radius 2 is 1.89 bits per heavy atom. The van der Waals surface area contributed by atoms with Crippen LogP contribution >= 0.6 is 0 Å².